The third-order valence-corrected chi connectivity index (χ3v) is 6.29. The highest BCUT2D eigenvalue weighted by atomic mass is 32.2. The number of amides is 2. The predicted octanol–water partition coefficient (Wildman–Crippen LogP) is 5.65. The van der Waals surface area contributed by atoms with Crippen molar-refractivity contribution in [2.24, 2.45) is 0 Å². The third kappa shape index (κ3) is 4.16. The van der Waals surface area contributed by atoms with Gasteiger partial charge in [-0.15, -0.1) is 0 Å². The van der Waals surface area contributed by atoms with Gasteiger partial charge in [-0.2, -0.15) is 0 Å². The van der Waals surface area contributed by atoms with Gasteiger partial charge in [-0.3, -0.25) is 14.5 Å². The number of rotatable bonds is 5. The summed E-state index contributed by atoms with van der Waals surface area (Å²) in [6.45, 7) is 6.32. The Morgan fingerprint density at radius 2 is 1.74 bits per heavy atom. The molecule has 31 heavy (non-hydrogen) atoms. The van der Waals surface area contributed by atoms with E-state index in [1.807, 2.05) is 81.4 Å². The van der Waals surface area contributed by atoms with Gasteiger partial charge in [-0.05, 0) is 80.1 Å². The van der Waals surface area contributed by atoms with Crippen molar-refractivity contribution in [1.82, 2.24) is 9.47 Å². The van der Waals surface area contributed by atoms with Gasteiger partial charge in [0.05, 0.1) is 18.6 Å². The molecule has 1 aromatic heterocycles. The van der Waals surface area contributed by atoms with Crippen molar-refractivity contribution < 1.29 is 14.3 Å². The van der Waals surface area contributed by atoms with Crippen molar-refractivity contribution in [3.8, 4) is 11.4 Å². The first-order valence-corrected chi connectivity index (χ1v) is 10.8. The second-order valence-corrected chi connectivity index (χ2v) is 8.61. The van der Waals surface area contributed by atoms with Crippen molar-refractivity contribution in [3.05, 3.63) is 87.6 Å². The number of methoxy groups -OCH3 is 1. The average Bonchev–Trinajstić information content (AvgIpc) is 3.17. The average molecular weight is 433 g/mol. The second kappa shape index (κ2) is 8.47. The number of hydrogen-bond donors (Lipinski definition) is 0. The summed E-state index contributed by atoms with van der Waals surface area (Å²) in [5, 5.41) is -0.235. The summed E-state index contributed by atoms with van der Waals surface area (Å²) in [6, 6.07) is 17.7. The molecule has 0 radical (unpaired) electrons. The van der Waals surface area contributed by atoms with Gasteiger partial charge in [-0.25, -0.2) is 0 Å². The molecule has 2 aromatic carbocycles. The molecule has 0 bridgehead atoms. The van der Waals surface area contributed by atoms with Crippen molar-refractivity contribution in [3.63, 3.8) is 0 Å². The van der Waals surface area contributed by atoms with Gasteiger partial charge in [0.2, 0.25) is 0 Å². The summed E-state index contributed by atoms with van der Waals surface area (Å²) < 4.78 is 7.37. The maximum Gasteiger partial charge on any atom is 0.293 e. The first-order valence-electron chi connectivity index (χ1n) is 10.0. The Morgan fingerprint density at radius 3 is 2.42 bits per heavy atom. The molecule has 4 rings (SSSR count). The number of nitrogens with zero attached hydrogens (tertiary/aromatic N) is 2. The van der Waals surface area contributed by atoms with E-state index < -0.39 is 0 Å². The Balaban J connectivity index is 1.61. The number of hydrogen-bond acceptors (Lipinski definition) is 4. The number of aryl methyl sites for hydroxylation is 2. The fourth-order valence-corrected chi connectivity index (χ4v) is 4.66. The molecular formula is C25H24N2O3S. The van der Waals surface area contributed by atoms with Crippen LogP contribution in [0.3, 0.4) is 0 Å². The Morgan fingerprint density at radius 1 is 1.00 bits per heavy atom. The lowest BCUT2D eigenvalue weighted by molar-refractivity contribution is -0.123. The van der Waals surface area contributed by atoms with Gasteiger partial charge in [-0.1, -0.05) is 29.8 Å². The fraction of sp³-hybridized carbons (Fsp3) is 0.200. The lowest BCUT2D eigenvalue weighted by atomic mass is 10.1. The monoisotopic (exact) mass is 432 g/mol. The van der Waals surface area contributed by atoms with Gasteiger partial charge in [0.1, 0.15) is 5.75 Å². The van der Waals surface area contributed by atoms with Gasteiger partial charge in [0.25, 0.3) is 11.1 Å². The molecule has 0 spiro atoms. The molecule has 1 aliphatic heterocycles. The summed E-state index contributed by atoms with van der Waals surface area (Å²) in [7, 11) is 1.64. The van der Waals surface area contributed by atoms with E-state index in [-0.39, 0.29) is 17.7 Å². The molecule has 1 saturated heterocycles. The van der Waals surface area contributed by atoms with E-state index in [9.17, 15) is 9.59 Å². The highest BCUT2D eigenvalue weighted by Crippen LogP contribution is 2.34. The lowest BCUT2D eigenvalue weighted by Gasteiger charge is -2.12. The third-order valence-electron chi connectivity index (χ3n) is 5.38. The van der Waals surface area contributed by atoms with Crippen LogP contribution in [-0.2, 0) is 11.3 Å². The van der Waals surface area contributed by atoms with E-state index in [1.165, 1.54) is 4.90 Å². The molecular weight excluding hydrogens is 408 g/mol. The molecule has 1 aliphatic rings. The SMILES string of the molecule is COc1ccc(-n2c(C)cc(/C=C3\SC(=O)N(Cc4cccc(C)c4)C3=O)c2C)cc1. The predicted molar refractivity (Wildman–Crippen MR) is 124 cm³/mol. The Hall–Kier alpha value is -3.25. The van der Waals surface area contributed by atoms with Gasteiger partial charge in [0.15, 0.2) is 0 Å². The number of imide groups is 1. The van der Waals surface area contributed by atoms with Crippen LogP contribution in [0.4, 0.5) is 4.79 Å². The van der Waals surface area contributed by atoms with Crippen LogP contribution in [0, 0.1) is 20.8 Å². The Kier molecular flexibility index (Phi) is 5.74. The zero-order valence-electron chi connectivity index (χ0n) is 18.0. The molecule has 158 valence electrons. The zero-order valence-corrected chi connectivity index (χ0v) is 18.8. The molecule has 2 heterocycles. The molecule has 0 atom stereocenters. The molecule has 3 aromatic rings. The molecule has 6 heteroatoms. The number of thioether (sulfide) groups is 1. The summed E-state index contributed by atoms with van der Waals surface area (Å²) in [6.07, 6.45) is 1.82. The van der Waals surface area contributed by atoms with Crippen molar-refractivity contribution in [1.29, 1.82) is 0 Å². The van der Waals surface area contributed by atoms with Crippen LogP contribution in [0.1, 0.15) is 28.1 Å². The van der Waals surface area contributed by atoms with Crippen LogP contribution >= 0.6 is 11.8 Å². The zero-order chi connectivity index (χ0) is 22.1. The number of ether oxygens (including phenoxy) is 1. The maximum atomic E-state index is 12.9. The van der Waals surface area contributed by atoms with Crippen LogP contribution in [0.5, 0.6) is 5.75 Å². The molecule has 0 unspecified atom stereocenters. The lowest BCUT2D eigenvalue weighted by Crippen LogP contribution is -2.27. The normalized spacial score (nSPS) is 15.2. The van der Waals surface area contributed by atoms with Crippen LogP contribution in [0.25, 0.3) is 11.8 Å². The van der Waals surface area contributed by atoms with E-state index in [2.05, 4.69) is 4.57 Å². The second-order valence-electron chi connectivity index (χ2n) is 7.62. The van der Waals surface area contributed by atoms with Crippen LogP contribution < -0.4 is 4.74 Å². The van der Waals surface area contributed by atoms with E-state index in [4.69, 9.17) is 4.74 Å². The highest BCUT2D eigenvalue weighted by molar-refractivity contribution is 8.18. The summed E-state index contributed by atoms with van der Waals surface area (Å²) >= 11 is 0.997. The number of aromatic nitrogens is 1. The fourth-order valence-electron chi connectivity index (χ4n) is 3.83. The minimum Gasteiger partial charge on any atom is -0.497 e. The molecule has 1 fully saturated rings. The molecule has 5 nitrogen and oxygen atoms in total. The Labute approximate surface area is 186 Å². The van der Waals surface area contributed by atoms with E-state index in [1.54, 1.807) is 7.11 Å². The quantitative estimate of drug-likeness (QED) is 0.489. The largest absolute Gasteiger partial charge is 0.497 e. The molecule has 0 aliphatic carbocycles. The first-order chi connectivity index (χ1) is 14.9. The van der Waals surface area contributed by atoms with E-state index in [0.717, 1.165) is 51.3 Å². The van der Waals surface area contributed by atoms with E-state index >= 15 is 0 Å². The number of carbonyl (C=O) groups excluding carboxylic acids is 2. The van der Waals surface area contributed by atoms with Crippen LogP contribution in [0.2, 0.25) is 0 Å². The molecule has 0 saturated carbocycles. The van der Waals surface area contributed by atoms with Crippen LogP contribution in [0.15, 0.2) is 59.5 Å². The number of carbonyl (C=O) groups is 2. The summed E-state index contributed by atoms with van der Waals surface area (Å²) in [5.74, 6) is 0.555. The topological polar surface area (TPSA) is 51.5 Å². The van der Waals surface area contributed by atoms with Crippen molar-refractivity contribution in [2.45, 2.75) is 27.3 Å². The first kappa shape index (κ1) is 21.0. The van der Waals surface area contributed by atoms with E-state index in [0.29, 0.717) is 4.91 Å². The van der Waals surface area contributed by atoms with Gasteiger partial charge >= 0.3 is 0 Å². The highest BCUT2D eigenvalue weighted by Gasteiger charge is 2.35. The van der Waals surface area contributed by atoms with Crippen LogP contribution in [-0.4, -0.2) is 27.7 Å². The standard InChI is InChI=1S/C25H24N2O3S/c1-16-6-5-7-19(12-16)15-26-24(28)23(31-25(26)29)14-20-13-17(2)27(18(20)3)21-8-10-22(30-4)11-9-21/h5-14H,15H2,1-4H3/b23-14-. The summed E-state index contributed by atoms with van der Waals surface area (Å²) in [4.78, 5) is 27.2. The van der Waals surface area contributed by atoms with Crippen molar-refractivity contribution >= 4 is 29.0 Å². The Bertz CT molecular complexity index is 1190. The number of benzene rings is 2. The maximum absolute atomic E-state index is 12.9. The van der Waals surface area contributed by atoms with Gasteiger partial charge < -0.3 is 9.30 Å². The molecule has 0 N–H and O–H groups in total. The minimum atomic E-state index is -0.245. The van der Waals surface area contributed by atoms with Crippen molar-refractivity contribution in [2.75, 3.05) is 7.11 Å². The minimum absolute atomic E-state index is 0.235. The smallest absolute Gasteiger partial charge is 0.293 e. The summed E-state index contributed by atoms with van der Waals surface area (Å²) in [5.41, 5.74) is 6.05. The molecule has 2 amide bonds. The van der Waals surface area contributed by atoms with Gasteiger partial charge in [0, 0.05) is 17.1 Å².